The van der Waals surface area contributed by atoms with Crippen molar-refractivity contribution in [2.75, 3.05) is 0 Å². The Kier molecular flexibility index (Phi) is 2.45. The van der Waals surface area contributed by atoms with E-state index < -0.39 is 35.7 Å². The summed E-state index contributed by atoms with van der Waals surface area (Å²) < 4.78 is 9.15. The lowest BCUT2D eigenvalue weighted by Crippen LogP contribution is -2.16. The maximum absolute atomic E-state index is 11.6. The third kappa shape index (κ3) is 1.67. The Labute approximate surface area is 124 Å². The molecule has 4 rings (SSSR count). The van der Waals surface area contributed by atoms with E-state index >= 15 is 0 Å². The highest BCUT2D eigenvalue weighted by Crippen LogP contribution is 2.35. The lowest BCUT2D eigenvalue weighted by atomic mass is 9.85. The van der Waals surface area contributed by atoms with Crippen molar-refractivity contribution in [2.24, 2.45) is 11.8 Å². The Balaban J connectivity index is 1.75. The van der Waals surface area contributed by atoms with Crippen LogP contribution in [0.3, 0.4) is 0 Å². The predicted molar refractivity (Wildman–Crippen MR) is 71.4 cm³/mol. The van der Waals surface area contributed by atoms with Gasteiger partial charge in [0.2, 0.25) is 0 Å². The van der Waals surface area contributed by atoms with E-state index in [4.69, 9.17) is 0 Å². The van der Waals surface area contributed by atoms with Gasteiger partial charge < -0.3 is 9.47 Å². The van der Waals surface area contributed by atoms with E-state index in [0.29, 0.717) is 11.1 Å². The minimum atomic E-state index is -0.685. The summed E-state index contributed by atoms with van der Waals surface area (Å²) >= 11 is 0. The van der Waals surface area contributed by atoms with Crippen LogP contribution in [0, 0.1) is 11.8 Å². The number of esters is 4. The second-order valence-electron chi connectivity index (χ2n) is 5.21. The molecule has 0 radical (unpaired) electrons. The molecule has 6 heteroatoms. The van der Waals surface area contributed by atoms with Gasteiger partial charge in [-0.05, 0) is 23.3 Å². The molecule has 1 fully saturated rings. The van der Waals surface area contributed by atoms with Crippen molar-refractivity contribution in [3.8, 4) is 0 Å². The van der Waals surface area contributed by atoms with Crippen molar-refractivity contribution < 1.29 is 28.7 Å². The first kappa shape index (κ1) is 12.7. The highest BCUT2D eigenvalue weighted by atomic mass is 16.6. The molecule has 1 aromatic rings. The number of benzene rings is 1. The van der Waals surface area contributed by atoms with E-state index in [9.17, 15) is 19.2 Å². The van der Waals surface area contributed by atoms with Crippen LogP contribution in [0.2, 0.25) is 0 Å². The Morgan fingerprint density at radius 2 is 1.55 bits per heavy atom. The minimum absolute atomic E-state index is 0.198. The summed E-state index contributed by atoms with van der Waals surface area (Å²) in [4.78, 5) is 46.1. The molecule has 1 aliphatic carbocycles. The van der Waals surface area contributed by atoms with Crippen LogP contribution in [0.25, 0.3) is 5.57 Å². The van der Waals surface area contributed by atoms with Gasteiger partial charge in [0, 0.05) is 0 Å². The average molecular weight is 296 g/mol. The summed E-state index contributed by atoms with van der Waals surface area (Å²) in [6, 6.07) is 4.72. The van der Waals surface area contributed by atoms with Gasteiger partial charge in [0.05, 0.1) is 23.0 Å². The summed E-state index contributed by atoms with van der Waals surface area (Å²) in [5, 5.41) is 0. The fourth-order valence-corrected chi connectivity index (χ4v) is 2.81. The molecule has 0 bridgehead atoms. The predicted octanol–water partition coefficient (Wildman–Crippen LogP) is 1.27. The van der Waals surface area contributed by atoms with Crippen molar-refractivity contribution >= 4 is 29.5 Å². The molecule has 2 aliphatic heterocycles. The Bertz CT molecular complexity index is 829. The van der Waals surface area contributed by atoms with Gasteiger partial charge in [0.25, 0.3) is 0 Å². The van der Waals surface area contributed by atoms with Gasteiger partial charge >= 0.3 is 23.9 Å². The van der Waals surface area contributed by atoms with Crippen LogP contribution in [-0.4, -0.2) is 23.9 Å². The quantitative estimate of drug-likeness (QED) is 0.573. The van der Waals surface area contributed by atoms with E-state index in [1.807, 2.05) is 0 Å². The Morgan fingerprint density at radius 1 is 0.818 bits per heavy atom. The maximum atomic E-state index is 11.6. The molecule has 0 spiro atoms. The first-order valence-corrected chi connectivity index (χ1v) is 6.61. The van der Waals surface area contributed by atoms with E-state index in [1.165, 1.54) is 6.07 Å². The fraction of sp³-hybridized carbons (Fsp3) is 0.125. The summed E-state index contributed by atoms with van der Waals surface area (Å²) in [6.45, 7) is 0. The summed E-state index contributed by atoms with van der Waals surface area (Å²) in [7, 11) is 0. The van der Waals surface area contributed by atoms with E-state index in [-0.39, 0.29) is 11.1 Å². The lowest BCUT2D eigenvalue weighted by Gasteiger charge is -2.14. The summed E-state index contributed by atoms with van der Waals surface area (Å²) in [5.74, 6) is -3.70. The number of fused-ring (bicyclic) bond motifs is 2. The molecule has 0 aromatic heterocycles. The first-order chi connectivity index (χ1) is 10.5. The van der Waals surface area contributed by atoms with Crippen molar-refractivity contribution in [3.63, 3.8) is 0 Å². The Hall–Kier alpha value is -3.02. The molecular weight excluding hydrogens is 288 g/mol. The number of hydrogen-bond donors (Lipinski definition) is 0. The van der Waals surface area contributed by atoms with Gasteiger partial charge in [-0.15, -0.1) is 0 Å². The van der Waals surface area contributed by atoms with Crippen LogP contribution in [0.4, 0.5) is 0 Å². The zero-order chi connectivity index (χ0) is 15.4. The number of hydrogen-bond acceptors (Lipinski definition) is 6. The normalized spacial score (nSPS) is 25.5. The second kappa shape index (κ2) is 4.24. The van der Waals surface area contributed by atoms with Crippen molar-refractivity contribution in [3.05, 3.63) is 53.1 Å². The monoisotopic (exact) mass is 296 g/mol. The number of cyclic esters (lactones) is 4. The lowest BCUT2D eigenvalue weighted by molar-refractivity contribution is -0.153. The number of ether oxygens (including phenoxy) is 2. The van der Waals surface area contributed by atoms with Gasteiger partial charge in [-0.25, -0.2) is 9.59 Å². The number of rotatable bonds is 1. The molecule has 108 valence electrons. The number of allylic oxidation sites excluding steroid dienone is 2. The molecule has 0 amide bonds. The van der Waals surface area contributed by atoms with Gasteiger partial charge in [0.1, 0.15) is 0 Å². The van der Waals surface area contributed by atoms with Crippen LogP contribution >= 0.6 is 0 Å². The second-order valence-corrected chi connectivity index (χ2v) is 5.21. The summed E-state index contributed by atoms with van der Waals surface area (Å²) in [5.41, 5.74) is 1.77. The fourth-order valence-electron chi connectivity index (χ4n) is 2.81. The van der Waals surface area contributed by atoms with Crippen molar-refractivity contribution in [2.45, 2.75) is 0 Å². The molecule has 2 atom stereocenters. The third-order valence-corrected chi connectivity index (χ3v) is 3.95. The van der Waals surface area contributed by atoms with Gasteiger partial charge in [-0.3, -0.25) is 9.59 Å². The van der Waals surface area contributed by atoms with Crippen molar-refractivity contribution in [1.82, 2.24) is 0 Å². The van der Waals surface area contributed by atoms with Gasteiger partial charge in [-0.1, -0.05) is 24.3 Å². The van der Waals surface area contributed by atoms with Crippen LogP contribution in [0.15, 0.2) is 36.4 Å². The maximum Gasteiger partial charge on any atom is 0.346 e. The Morgan fingerprint density at radius 3 is 2.36 bits per heavy atom. The largest absolute Gasteiger partial charge is 0.392 e. The number of carbonyl (C=O) groups is 4. The van der Waals surface area contributed by atoms with E-state index in [0.717, 1.165) is 0 Å². The highest BCUT2D eigenvalue weighted by Gasteiger charge is 2.43. The molecule has 0 saturated carbocycles. The average Bonchev–Trinajstić information content (AvgIpc) is 2.96. The third-order valence-electron chi connectivity index (χ3n) is 3.95. The standard InChI is InChI=1S/C16H8O6/c17-13-9-3-1-7(5-11(9)15(19)21-13)8-2-4-10-12(6-8)16(20)22-14(10)18/h1-6,9,11H. The van der Waals surface area contributed by atoms with Gasteiger partial charge in [-0.2, -0.15) is 0 Å². The zero-order valence-electron chi connectivity index (χ0n) is 11.1. The van der Waals surface area contributed by atoms with Crippen LogP contribution in [-0.2, 0) is 19.1 Å². The molecular formula is C16H8O6. The molecule has 2 heterocycles. The molecule has 2 unspecified atom stereocenters. The smallest absolute Gasteiger partial charge is 0.346 e. The zero-order valence-corrected chi connectivity index (χ0v) is 11.1. The molecule has 1 saturated heterocycles. The first-order valence-electron chi connectivity index (χ1n) is 6.61. The molecule has 1 aromatic carbocycles. The van der Waals surface area contributed by atoms with Crippen LogP contribution < -0.4 is 0 Å². The highest BCUT2D eigenvalue weighted by molar-refractivity contribution is 6.15. The molecule has 3 aliphatic rings. The topological polar surface area (TPSA) is 86.7 Å². The SMILES string of the molecule is O=C1OC(=O)c2cc(C3=CC4C(=O)OC(=O)C4C=C3)ccc21. The molecule has 6 nitrogen and oxygen atoms in total. The van der Waals surface area contributed by atoms with E-state index in [1.54, 1.807) is 30.4 Å². The van der Waals surface area contributed by atoms with Crippen LogP contribution in [0.5, 0.6) is 0 Å². The van der Waals surface area contributed by atoms with Crippen molar-refractivity contribution in [1.29, 1.82) is 0 Å². The van der Waals surface area contributed by atoms with Crippen LogP contribution in [0.1, 0.15) is 26.3 Å². The molecule has 22 heavy (non-hydrogen) atoms. The number of carbonyl (C=O) groups excluding carboxylic acids is 4. The summed E-state index contributed by atoms with van der Waals surface area (Å²) in [6.07, 6.45) is 4.95. The molecule has 0 N–H and O–H groups in total. The van der Waals surface area contributed by atoms with Gasteiger partial charge in [0.15, 0.2) is 0 Å². The minimum Gasteiger partial charge on any atom is -0.392 e. The van der Waals surface area contributed by atoms with E-state index in [2.05, 4.69) is 9.47 Å².